The van der Waals surface area contributed by atoms with Gasteiger partial charge in [0.1, 0.15) is 0 Å². The summed E-state index contributed by atoms with van der Waals surface area (Å²) in [6, 6.07) is 10.3. The second-order valence-corrected chi connectivity index (χ2v) is 4.05. The molecule has 1 aliphatic rings. The van der Waals surface area contributed by atoms with Gasteiger partial charge < -0.3 is 4.90 Å². The highest BCUT2D eigenvalue weighted by Crippen LogP contribution is 2.29. The summed E-state index contributed by atoms with van der Waals surface area (Å²) < 4.78 is 0. The first kappa shape index (κ1) is 9.25. The monoisotopic (exact) mass is 189 g/mol. The van der Waals surface area contributed by atoms with E-state index in [0.717, 1.165) is 12.1 Å². The van der Waals surface area contributed by atoms with Crippen LogP contribution in [-0.2, 0) is 4.79 Å². The summed E-state index contributed by atoms with van der Waals surface area (Å²) >= 11 is 0. The predicted molar refractivity (Wildman–Crippen MR) is 56.0 cm³/mol. The first-order valence-corrected chi connectivity index (χ1v) is 5.05. The van der Waals surface area contributed by atoms with Crippen LogP contribution in [0.2, 0.25) is 0 Å². The Morgan fingerprint density at radius 2 is 1.93 bits per heavy atom. The molecule has 1 saturated heterocycles. The van der Waals surface area contributed by atoms with E-state index in [-0.39, 0.29) is 11.8 Å². The Hall–Kier alpha value is -1.31. The number of hydrogen-bond donors (Lipinski definition) is 0. The highest BCUT2D eigenvalue weighted by atomic mass is 16.2. The number of amides is 1. The maximum atomic E-state index is 11.7. The van der Waals surface area contributed by atoms with Gasteiger partial charge in [-0.2, -0.15) is 0 Å². The van der Waals surface area contributed by atoms with Crippen molar-refractivity contribution in [1.29, 1.82) is 0 Å². The summed E-state index contributed by atoms with van der Waals surface area (Å²) in [4.78, 5) is 13.6. The second-order valence-electron chi connectivity index (χ2n) is 4.05. The second kappa shape index (κ2) is 3.45. The quantitative estimate of drug-likeness (QED) is 0.652. The zero-order valence-electron chi connectivity index (χ0n) is 8.60. The molecule has 0 aliphatic carbocycles. The van der Waals surface area contributed by atoms with Gasteiger partial charge in [0.15, 0.2) is 0 Å². The third-order valence-electron chi connectivity index (χ3n) is 2.79. The van der Waals surface area contributed by atoms with E-state index in [2.05, 4.69) is 13.8 Å². The van der Waals surface area contributed by atoms with Crippen molar-refractivity contribution in [2.75, 3.05) is 6.54 Å². The van der Waals surface area contributed by atoms with Crippen LogP contribution < -0.4 is 0 Å². The smallest absolute Gasteiger partial charge is 0.232 e. The van der Waals surface area contributed by atoms with E-state index in [1.54, 1.807) is 0 Å². The molecule has 1 fully saturated rings. The van der Waals surface area contributed by atoms with Crippen LogP contribution in [0.1, 0.15) is 25.3 Å². The summed E-state index contributed by atoms with van der Waals surface area (Å²) in [5.74, 6) is 0.379. The van der Waals surface area contributed by atoms with E-state index in [1.165, 1.54) is 0 Å². The summed E-state index contributed by atoms with van der Waals surface area (Å²) in [6.45, 7) is 4.98. The minimum absolute atomic E-state index is 0.110. The Morgan fingerprint density at radius 1 is 1.29 bits per heavy atom. The van der Waals surface area contributed by atoms with E-state index < -0.39 is 0 Å². The van der Waals surface area contributed by atoms with Gasteiger partial charge in [-0.3, -0.25) is 4.79 Å². The number of carbonyl (C=O) groups excluding carboxylic acids is 1. The number of carbonyl (C=O) groups is 1. The average Bonchev–Trinajstić information content (AvgIpc) is 2.17. The largest absolute Gasteiger partial charge is 0.339 e. The fraction of sp³-hybridized carbons (Fsp3) is 0.417. The van der Waals surface area contributed by atoms with Gasteiger partial charge in [0.25, 0.3) is 0 Å². The van der Waals surface area contributed by atoms with Crippen LogP contribution in [0, 0.1) is 0 Å². The molecule has 0 N–H and O–H groups in total. The first-order chi connectivity index (χ1) is 6.70. The zero-order valence-corrected chi connectivity index (χ0v) is 8.60. The van der Waals surface area contributed by atoms with E-state index in [1.807, 2.05) is 35.2 Å². The van der Waals surface area contributed by atoms with Crippen molar-refractivity contribution in [3.63, 3.8) is 0 Å². The van der Waals surface area contributed by atoms with Crippen LogP contribution in [0.5, 0.6) is 0 Å². The topological polar surface area (TPSA) is 20.3 Å². The third-order valence-corrected chi connectivity index (χ3v) is 2.79. The molecule has 14 heavy (non-hydrogen) atoms. The van der Waals surface area contributed by atoms with Crippen molar-refractivity contribution in [3.8, 4) is 0 Å². The molecule has 1 aliphatic heterocycles. The van der Waals surface area contributed by atoms with Gasteiger partial charge in [-0.15, -0.1) is 0 Å². The molecular formula is C12H15NO. The number of β-lactam (4-membered cyclic amide) rings is 1. The molecule has 2 heteroatoms. The Morgan fingerprint density at radius 3 is 2.43 bits per heavy atom. The molecule has 0 bridgehead atoms. The lowest BCUT2D eigenvalue weighted by Crippen LogP contribution is -2.53. The molecule has 2 rings (SSSR count). The minimum atomic E-state index is 0.110. The van der Waals surface area contributed by atoms with Crippen molar-refractivity contribution in [2.24, 2.45) is 0 Å². The minimum Gasteiger partial charge on any atom is -0.339 e. The summed E-state index contributed by atoms with van der Waals surface area (Å²) in [6.07, 6.45) is 0. The van der Waals surface area contributed by atoms with Crippen molar-refractivity contribution >= 4 is 5.91 Å². The molecule has 1 amide bonds. The van der Waals surface area contributed by atoms with Crippen molar-refractivity contribution < 1.29 is 4.79 Å². The molecule has 74 valence electrons. The van der Waals surface area contributed by atoms with E-state index in [0.29, 0.717) is 6.04 Å². The summed E-state index contributed by atoms with van der Waals surface area (Å²) in [5.41, 5.74) is 1.15. The van der Waals surface area contributed by atoms with E-state index in [4.69, 9.17) is 0 Å². The molecule has 1 aromatic carbocycles. The Kier molecular flexibility index (Phi) is 2.28. The molecule has 1 heterocycles. The predicted octanol–water partition coefficient (Wildman–Crippen LogP) is 2.02. The third kappa shape index (κ3) is 1.41. The lowest BCUT2D eigenvalue weighted by atomic mass is 9.89. The lowest BCUT2D eigenvalue weighted by molar-refractivity contribution is -0.145. The number of likely N-dealkylation sites (tertiary alicyclic amines) is 1. The molecule has 0 saturated carbocycles. The van der Waals surface area contributed by atoms with Gasteiger partial charge in [-0.25, -0.2) is 0 Å². The van der Waals surface area contributed by atoms with E-state index in [9.17, 15) is 4.79 Å². The molecule has 1 aromatic rings. The van der Waals surface area contributed by atoms with Crippen molar-refractivity contribution in [3.05, 3.63) is 35.9 Å². The van der Waals surface area contributed by atoms with Gasteiger partial charge in [-0.1, -0.05) is 30.3 Å². The van der Waals surface area contributed by atoms with Crippen molar-refractivity contribution in [2.45, 2.75) is 25.8 Å². The fourth-order valence-corrected chi connectivity index (χ4v) is 1.85. The average molecular weight is 189 g/mol. The molecule has 0 unspecified atom stereocenters. The molecule has 0 radical (unpaired) electrons. The number of rotatable bonds is 2. The zero-order chi connectivity index (χ0) is 10.1. The highest BCUT2D eigenvalue weighted by molar-refractivity contribution is 5.89. The molecule has 1 atom stereocenters. The van der Waals surface area contributed by atoms with Crippen molar-refractivity contribution in [1.82, 2.24) is 4.90 Å². The van der Waals surface area contributed by atoms with Crippen LogP contribution in [0.25, 0.3) is 0 Å². The molecule has 2 nitrogen and oxygen atoms in total. The van der Waals surface area contributed by atoms with Crippen LogP contribution in [0.4, 0.5) is 0 Å². The Bertz CT molecular complexity index is 331. The molecule has 0 aromatic heterocycles. The fourth-order valence-electron chi connectivity index (χ4n) is 1.85. The maximum absolute atomic E-state index is 11.7. The lowest BCUT2D eigenvalue weighted by Gasteiger charge is -2.41. The SMILES string of the molecule is CC(C)N1C[C@H](c2ccccc2)C1=O. The number of hydrogen-bond acceptors (Lipinski definition) is 1. The van der Waals surface area contributed by atoms with E-state index >= 15 is 0 Å². The highest BCUT2D eigenvalue weighted by Gasteiger charge is 2.38. The Labute approximate surface area is 84.5 Å². The standard InChI is InChI=1S/C12H15NO/c1-9(2)13-8-11(12(13)14)10-6-4-3-5-7-10/h3-7,9,11H,8H2,1-2H3/t11-/m1/s1. The van der Waals surface area contributed by atoms with Crippen LogP contribution in [0.3, 0.4) is 0 Å². The summed E-state index contributed by atoms with van der Waals surface area (Å²) in [7, 11) is 0. The maximum Gasteiger partial charge on any atom is 0.232 e. The molecular weight excluding hydrogens is 174 g/mol. The number of benzene rings is 1. The Balaban J connectivity index is 2.09. The summed E-state index contributed by atoms with van der Waals surface area (Å²) in [5, 5.41) is 0. The van der Waals surface area contributed by atoms with Crippen LogP contribution in [-0.4, -0.2) is 23.4 Å². The normalized spacial score (nSPS) is 21.2. The van der Waals surface area contributed by atoms with Crippen LogP contribution >= 0.6 is 0 Å². The van der Waals surface area contributed by atoms with Gasteiger partial charge in [0.2, 0.25) is 5.91 Å². The van der Waals surface area contributed by atoms with Crippen LogP contribution in [0.15, 0.2) is 30.3 Å². The van der Waals surface area contributed by atoms with Gasteiger partial charge >= 0.3 is 0 Å². The molecule has 0 spiro atoms. The first-order valence-electron chi connectivity index (χ1n) is 5.05. The number of nitrogens with zero attached hydrogens (tertiary/aromatic N) is 1. The van der Waals surface area contributed by atoms with Gasteiger partial charge in [-0.05, 0) is 19.4 Å². The van der Waals surface area contributed by atoms with Gasteiger partial charge in [0, 0.05) is 12.6 Å². The van der Waals surface area contributed by atoms with Gasteiger partial charge in [0.05, 0.1) is 5.92 Å².